The number of nitrogens with one attached hydrogen (secondary N) is 1. The molecule has 1 rings (SSSR count). The van der Waals surface area contributed by atoms with E-state index in [1.54, 1.807) is 19.1 Å². The van der Waals surface area contributed by atoms with Gasteiger partial charge in [-0.15, -0.1) is 0 Å². The molecule has 1 heterocycles. The molecule has 100 valence electrons. The van der Waals surface area contributed by atoms with Gasteiger partial charge in [-0.2, -0.15) is 0 Å². The molecule has 0 fully saturated rings. The molecule has 0 bridgehead atoms. The molecule has 0 saturated heterocycles. The number of halogens is 1. The Morgan fingerprint density at radius 2 is 2.22 bits per heavy atom. The molecular formula is C12H18BrN3O2. The van der Waals surface area contributed by atoms with Crippen molar-refractivity contribution in [3.63, 3.8) is 0 Å². The fraction of sp³-hybridized carbons (Fsp3) is 0.500. The highest BCUT2D eigenvalue weighted by Crippen LogP contribution is 2.07. The lowest BCUT2D eigenvalue weighted by molar-refractivity contribution is 0.0326. The summed E-state index contributed by atoms with van der Waals surface area (Å²) < 4.78 is 0.679. The third-order valence-electron chi connectivity index (χ3n) is 2.28. The lowest BCUT2D eigenvalue weighted by Crippen LogP contribution is -2.47. The number of amides is 1. The van der Waals surface area contributed by atoms with Gasteiger partial charge in [0.1, 0.15) is 4.60 Å². The molecule has 0 saturated carbocycles. The fourth-order valence-corrected chi connectivity index (χ4v) is 1.85. The van der Waals surface area contributed by atoms with E-state index in [4.69, 9.17) is 0 Å². The molecule has 1 aromatic heterocycles. The Balaban J connectivity index is 2.53. The van der Waals surface area contributed by atoms with E-state index in [2.05, 4.69) is 26.2 Å². The van der Waals surface area contributed by atoms with E-state index in [0.717, 1.165) is 0 Å². The molecule has 0 aliphatic carbocycles. The van der Waals surface area contributed by atoms with Crippen molar-refractivity contribution < 1.29 is 9.90 Å². The zero-order valence-electron chi connectivity index (χ0n) is 10.8. The van der Waals surface area contributed by atoms with Crippen LogP contribution in [0.5, 0.6) is 0 Å². The SMILES string of the molecule is CN(C)CC(C)(O)CNC(=O)c1ccc(Br)nc1. The lowest BCUT2D eigenvalue weighted by Gasteiger charge is -2.27. The summed E-state index contributed by atoms with van der Waals surface area (Å²) in [5.41, 5.74) is -0.485. The molecular weight excluding hydrogens is 298 g/mol. The number of aliphatic hydroxyl groups is 1. The van der Waals surface area contributed by atoms with Gasteiger partial charge in [0.2, 0.25) is 0 Å². The normalized spacial score (nSPS) is 14.3. The Morgan fingerprint density at radius 1 is 1.56 bits per heavy atom. The molecule has 0 spiro atoms. The first-order chi connectivity index (χ1) is 8.30. The minimum atomic E-state index is -0.956. The molecule has 0 aliphatic heterocycles. The molecule has 1 amide bonds. The van der Waals surface area contributed by atoms with E-state index in [9.17, 15) is 9.90 Å². The van der Waals surface area contributed by atoms with Crippen LogP contribution in [0.25, 0.3) is 0 Å². The predicted molar refractivity (Wildman–Crippen MR) is 73.4 cm³/mol. The summed E-state index contributed by atoms with van der Waals surface area (Å²) in [5.74, 6) is -0.242. The highest BCUT2D eigenvalue weighted by Gasteiger charge is 2.22. The third kappa shape index (κ3) is 5.12. The van der Waals surface area contributed by atoms with Crippen molar-refractivity contribution in [3.8, 4) is 0 Å². The number of hydrogen-bond acceptors (Lipinski definition) is 4. The second-order valence-electron chi connectivity index (χ2n) is 4.79. The Hall–Kier alpha value is -0.980. The number of likely N-dealkylation sites (N-methyl/N-ethyl adjacent to an activating group) is 1. The zero-order chi connectivity index (χ0) is 13.8. The molecule has 6 heteroatoms. The standard InChI is InChI=1S/C12H18BrN3O2/c1-12(18,8-16(2)3)7-15-11(17)9-4-5-10(13)14-6-9/h4-6,18H,7-8H2,1-3H3,(H,15,17). The summed E-state index contributed by atoms with van der Waals surface area (Å²) in [4.78, 5) is 17.6. The Morgan fingerprint density at radius 3 is 2.72 bits per heavy atom. The monoisotopic (exact) mass is 315 g/mol. The van der Waals surface area contributed by atoms with Crippen molar-refractivity contribution in [2.45, 2.75) is 12.5 Å². The van der Waals surface area contributed by atoms with Gasteiger partial charge >= 0.3 is 0 Å². The molecule has 1 atom stereocenters. The van der Waals surface area contributed by atoms with Gasteiger partial charge in [0.25, 0.3) is 5.91 Å². The third-order valence-corrected chi connectivity index (χ3v) is 2.75. The van der Waals surface area contributed by atoms with Gasteiger partial charge in [-0.1, -0.05) is 0 Å². The maximum Gasteiger partial charge on any atom is 0.252 e. The van der Waals surface area contributed by atoms with Gasteiger partial charge in [-0.3, -0.25) is 4.79 Å². The Bertz CT molecular complexity index is 404. The highest BCUT2D eigenvalue weighted by molar-refractivity contribution is 9.10. The molecule has 1 aromatic rings. The summed E-state index contributed by atoms with van der Waals surface area (Å²) in [6.45, 7) is 2.36. The summed E-state index contributed by atoms with van der Waals surface area (Å²) in [7, 11) is 3.74. The van der Waals surface area contributed by atoms with Crippen LogP contribution < -0.4 is 5.32 Å². The molecule has 5 nitrogen and oxygen atoms in total. The lowest BCUT2D eigenvalue weighted by atomic mass is 10.1. The first-order valence-electron chi connectivity index (χ1n) is 5.57. The smallest absolute Gasteiger partial charge is 0.252 e. The van der Waals surface area contributed by atoms with E-state index in [1.165, 1.54) is 6.20 Å². The van der Waals surface area contributed by atoms with Crippen molar-refractivity contribution in [2.24, 2.45) is 0 Å². The van der Waals surface area contributed by atoms with Gasteiger partial charge in [0.05, 0.1) is 11.2 Å². The molecule has 0 radical (unpaired) electrons. The van der Waals surface area contributed by atoms with Crippen LogP contribution in [0, 0.1) is 0 Å². The van der Waals surface area contributed by atoms with Crippen molar-refractivity contribution >= 4 is 21.8 Å². The number of carbonyl (C=O) groups excluding carboxylic acids is 1. The maximum atomic E-state index is 11.8. The summed E-state index contributed by atoms with van der Waals surface area (Å²) in [5, 5.41) is 12.7. The molecule has 0 aromatic carbocycles. The van der Waals surface area contributed by atoms with E-state index in [0.29, 0.717) is 16.7 Å². The van der Waals surface area contributed by atoms with Crippen molar-refractivity contribution in [2.75, 3.05) is 27.2 Å². The maximum absolute atomic E-state index is 11.8. The Kier molecular flexibility index (Phi) is 5.25. The van der Waals surface area contributed by atoms with Gasteiger partial charge in [0.15, 0.2) is 0 Å². The second kappa shape index (κ2) is 6.26. The van der Waals surface area contributed by atoms with Gasteiger partial charge in [-0.25, -0.2) is 4.98 Å². The van der Waals surface area contributed by atoms with Crippen molar-refractivity contribution in [1.82, 2.24) is 15.2 Å². The average molecular weight is 316 g/mol. The molecule has 2 N–H and O–H groups in total. The van der Waals surface area contributed by atoms with E-state index in [-0.39, 0.29) is 12.5 Å². The fourth-order valence-electron chi connectivity index (χ4n) is 1.62. The summed E-state index contributed by atoms with van der Waals surface area (Å²) >= 11 is 3.20. The van der Waals surface area contributed by atoms with E-state index in [1.807, 2.05) is 19.0 Å². The summed E-state index contributed by atoms with van der Waals surface area (Å²) in [6, 6.07) is 3.37. The quantitative estimate of drug-likeness (QED) is 0.792. The second-order valence-corrected chi connectivity index (χ2v) is 5.60. The molecule has 18 heavy (non-hydrogen) atoms. The van der Waals surface area contributed by atoms with Crippen LogP contribution in [0.1, 0.15) is 17.3 Å². The van der Waals surface area contributed by atoms with Crippen LogP contribution in [-0.2, 0) is 0 Å². The van der Waals surface area contributed by atoms with Crippen molar-refractivity contribution in [1.29, 1.82) is 0 Å². The number of hydrogen-bond donors (Lipinski definition) is 2. The number of pyridine rings is 1. The number of nitrogens with zero attached hydrogens (tertiary/aromatic N) is 2. The predicted octanol–water partition coefficient (Wildman–Crippen LogP) is 0.886. The van der Waals surface area contributed by atoms with Crippen molar-refractivity contribution in [3.05, 3.63) is 28.5 Å². The highest BCUT2D eigenvalue weighted by atomic mass is 79.9. The first kappa shape index (κ1) is 15.1. The van der Waals surface area contributed by atoms with Gasteiger partial charge in [-0.05, 0) is 49.1 Å². The topological polar surface area (TPSA) is 65.5 Å². The first-order valence-corrected chi connectivity index (χ1v) is 6.36. The minimum absolute atomic E-state index is 0.195. The van der Waals surface area contributed by atoms with Crippen LogP contribution >= 0.6 is 15.9 Å². The number of aromatic nitrogens is 1. The van der Waals surface area contributed by atoms with Gasteiger partial charge < -0.3 is 15.3 Å². The Labute approximate surface area is 115 Å². The molecule has 0 aliphatic rings. The van der Waals surface area contributed by atoms with E-state index < -0.39 is 5.60 Å². The largest absolute Gasteiger partial charge is 0.387 e. The van der Waals surface area contributed by atoms with Crippen LogP contribution in [0.4, 0.5) is 0 Å². The zero-order valence-corrected chi connectivity index (χ0v) is 12.4. The van der Waals surface area contributed by atoms with E-state index >= 15 is 0 Å². The van der Waals surface area contributed by atoms with Crippen LogP contribution in [0.3, 0.4) is 0 Å². The molecule has 1 unspecified atom stereocenters. The summed E-state index contributed by atoms with van der Waals surface area (Å²) in [6.07, 6.45) is 1.49. The number of rotatable bonds is 5. The minimum Gasteiger partial charge on any atom is -0.387 e. The van der Waals surface area contributed by atoms with Crippen LogP contribution in [-0.4, -0.2) is 53.7 Å². The van der Waals surface area contributed by atoms with Crippen LogP contribution in [0.15, 0.2) is 22.9 Å². The average Bonchev–Trinajstić information content (AvgIpc) is 2.25. The number of carbonyl (C=O) groups is 1. The van der Waals surface area contributed by atoms with Gasteiger partial charge in [0, 0.05) is 19.3 Å². The van der Waals surface area contributed by atoms with Crippen LogP contribution in [0.2, 0.25) is 0 Å².